The van der Waals surface area contributed by atoms with Crippen LogP contribution in [0.15, 0.2) is 27.7 Å². The third-order valence-electron chi connectivity index (χ3n) is 3.41. The summed E-state index contributed by atoms with van der Waals surface area (Å²) in [6.45, 7) is 2.84. The number of hydrogen-bond acceptors (Lipinski definition) is 1. The Labute approximate surface area is 121 Å². The largest absolute Gasteiger partial charge is 0.370 e. The van der Waals surface area contributed by atoms with E-state index in [2.05, 4.69) is 33.2 Å². The Kier molecular flexibility index (Phi) is 4.80. The smallest absolute Gasteiger partial charge is 0.188 e. The first-order chi connectivity index (χ1) is 9.10. The first-order valence-corrected chi connectivity index (χ1v) is 7.40. The standard InChI is InChI=1S/C14H19BrFN3/c1-2-5-18-14(17)19-11-6-10(7-11)9-3-4-13(16)12(15)8-9/h3-4,8,10-11H,2,5-7H2,1H3,(H3,17,18,19). The summed E-state index contributed by atoms with van der Waals surface area (Å²) < 4.78 is 13.7. The Hall–Kier alpha value is -1.10. The summed E-state index contributed by atoms with van der Waals surface area (Å²) >= 11 is 3.22. The van der Waals surface area contributed by atoms with Gasteiger partial charge in [-0.05, 0) is 58.8 Å². The summed E-state index contributed by atoms with van der Waals surface area (Å²) in [5, 5.41) is 3.22. The molecule has 0 radical (unpaired) electrons. The molecule has 0 aromatic heterocycles. The molecule has 3 nitrogen and oxygen atoms in total. The Morgan fingerprint density at radius 2 is 2.26 bits per heavy atom. The zero-order chi connectivity index (χ0) is 13.8. The van der Waals surface area contributed by atoms with E-state index in [1.165, 1.54) is 11.6 Å². The van der Waals surface area contributed by atoms with Gasteiger partial charge in [-0.1, -0.05) is 13.0 Å². The van der Waals surface area contributed by atoms with Crippen LogP contribution in [0.4, 0.5) is 4.39 Å². The van der Waals surface area contributed by atoms with Gasteiger partial charge in [0, 0.05) is 12.6 Å². The summed E-state index contributed by atoms with van der Waals surface area (Å²) in [5.74, 6) is 0.799. The van der Waals surface area contributed by atoms with Crippen molar-refractivity contribution in [2.75, 3.05) is 6.54 Å². The van der Waals surface area contributed by atoms with Crippen molar-refractivity contribution in [1.82, 2.24) is 5.32 Å². The second-order valence-corrected chi connectivity index (χ2v) is 5.80. The summed E-state index contributed by atoms with van der Waals surface area (Å²) in [6, 6.07) is 5.62. The van der Waals surface area contributed by atoms with Crippen molar-refractivity contribution < 1.29 is 4.39 Å². The van der Waals surface area contributed by atoms with Gasteiger partial charge in [0.1, 0.15) is 5.82 Å². The lowest BCUT2D eigenvalue weighted by molar-refractivity contribution is 0.323. The zero-order valence-corrected chi connectivity index (χ0v) is 12.6. The molecule has 1 aliphatic carbocycles. The van der Waals surface area contributed by atoms with Crippen molar-refractivity contribution in [3.63, 3.8) is 0 Å². The fraction of sp³-hybridized carbons (Fsp3) is 0.500. The van der Waals surface area contributed by atoms with Crippen LogP contribution in [0, 0.1) is 5.82 Å². The maximum atomic E-state index is 13.2. The van der Waals surface area contributed by atoms with Crippen molar-refractivity contribution in [3.8, 4) is 0 Å². The second kappa shape index (κ2) is 6.37. The van der Waals surface area contributed by atoms with E-state index in [0.29, 0.717) is 22.4 Å². The molecule has 2 rings (SSSR count). The lowest BCUT2D eigenvalue weighted by Crippen LogP contribution is -2.46. The highest BCUT2D eigenvalue weighted by Crippen LogP contribution is 2.37. The van der Waals surface area contributed by atoms with E-state index in [9.17, 15) is 4.39 Å². The Balaban J connectivity index is 1.84. The van der Waals surface area contributed by atoms with Gasteiger partial charge < -0.3 is 11.1 Å². The normalized spacial score (nSPS) is 23.0. The third-order valence-corrected chi connectivity index (χ3v) is 4.02. The number of nitrogens with two attached hydrogens (primary N) is 1. The van der Waals surface area contributed by atoms with Crippen molar-refractivity contribution >= 4 is 21.9 Å². The second-order valence-electron chi connectivity index (χ2n) is 4.95. The van der Waals surface area contributed by atoms with Gasteiger partial charge in [-0.15, -0.1) is 0 Å². The van der Waals surface area contributed by atoms with Gasteiger partial charge in [-0.3, -0.25) is 4.99 Å². The molecule has 0 unspecified atom stereocenters. The molecule has 0 spiro atoms. The van der Waals surface area contributed by atoms with Gasteiger partial charge >= 0.3 is 0 Å². The number of halogens is 2. The fourth-order valence-electron chi connectivity index (χ4n) is 2.26. The van der Waals surface area contributed by atoms with Crippen LogP contribution in [0.3, 0.4) is 0 Å². The van der Waals surface area contributed by atoms with Gasteiger partial charge in [0.15, 0.2) is 5.96 Å². The summed E-state index contributed by atoms with van der Waals surface area (Å²) in [4.78, 5) is 4.21. The lowest BCUT2D eigenvalue weighted by atomic mass is 9.76. The van der Waals surface area contributed by atoms with E-state index in [-0.39, 0.29) is 5.82 Å². The number of rotatable bonds is 4. The third kappa shape index (κ3) is 3.69. The monoisotopic (exact) mass is 327 g/mol. The highest BCUT2D eigenvalue weighted by molar-refractivity contribution is 9.10. The quantitative estimate of drug-likeness (QED) is 0.659. The van der Waals surface area contributed by atoms with Crippen molar-refractivity contribution in [2.24, 2.45) is 10.7 Å². The van der Waals surface area contributed by atoms with Crippen LogP contribution in [-0.2, 0) is 0 Å². The van der Waals surface area contributed by atoms with Gasteiger partial charge in [0.25, 0.3) is 0 Å². The van der Waals surface area contributed by atoms with Crippen LogP contribution in [0.2, 0.25) is 0 Å². The molecular formula is C14H19BrFN3. The van der Waals surface area contributed by atoms with Crippen molar-refractivity contribution in [1.29, 1.82) is 0 Å². The maximum absolute atomic E-state index is 13.2. The molecule has 0 atom stereocenters. The molecule has 0 heterocycles. The molecule has 0 saturated heterocycles. The number of hydrogen-bond donors (Lipinski definition) is 2. The minimum atomic E-state index is -0.214. The van der Waals surface area contributed by atoms with Crippen LogP contribution in [0.25, 0.3) is 0 Å². The highest BCUT2D eigenvalue weighted by Gasteiger charge is 2.30. The van der Waals surface area contributed by atoms with E-state index in [0.717, 1.165) is 25.8 Å². The van der Waals surface area contributed by atoms with E-state index in [1.807, 2.05) is 12.1 Å². The molecule has 1 fully saturated rings. The maximum Gasteiger partial charge on any atom is 0.188 e. The number of aliphatic imine (C=N–C) groups is 1. The SMILES string of the molecule is CCCN=C(N)NC1CC(c2ccc(F)c(Br)c2)C1. The van der Waals surface area contributed by atoms with Gasteiger partial charge in [-0.2, -0.15) is 0 Å². The van der Waals surface area contributed by atoms with Crippen LogP contribution < -0.4 is 11.1 Å². The molecule has 1 aromatic carbocycles. The summed E-state index contributed by atoms with van der Waals surface area (Å²) in [6.07, 6.45) is 3.03. The minimum Gasteiger partial charge on any atom is -0.370 e. The average Bonchev–Trinajstić information content (AvgIpc) is 2.34. The molecule has 1 saturated carbocycles. The molecule has 104 valence electrons. The Morgan fingerprint density at radius 1 is 1.53 bits per heavy atom. The molecule has 5 heteroatoms. The van der Waals surface area contributed by atoms with Crippen LogP contribution in [0.1, 0.15) is 37.7 Å². The van der Waals surface area contributed by atoms with Crippen LogP contribution in [0.5, 0.6) is 0 Å². The lowest BCUT2D eigenvalue weighted by Gasteiger charge is -2.36. The van der Waals surface area contributed by atoms with Gasteiger partial charge in [0.2, 0.25) is 0 Å². The molecule has 0 amide bonds. The van der Waals surface area contributed by atoms with E-state index >= 15 is 0 Å². The van der Waals surface area contributed by atoms with Crippen molar-refractivity contribution in [2.45, 2.75) is 38.1 Å². The van der Waals surface area contributed by atoms with E-state index < -0.39 is 0 Å². The molecular weight excluding hydrogens is 309 g/mol. The first kappa shape index (κ1) is 14.3. The Bertz CT molecular complexity index is 470. The summed E-state index contributed by atoms with van der Waals surface area (Å²) in [7, 11) is 0. The first-order valence-electron chi connectivity index (χ1n) is 6.61. The van der Waals surface area contributed by atoms with Gasteiger partial charge in [-0.25, -0.2) is 4.39 Å². The average molecular weight is 328 g/mol. The van der Waals surface area contributed by atoms with Crippen molar-refractivity contribution in [3.05, 3.63) is 34.1 Å². The number of benzene rings is 1. The van der Waals surface area contributed by atoms with E-state index in [4.69, 9.17) is 5.73 Å². The predicted molar refractivity (Wildman–Crippen MR) is 79.8 cm³/mol. The molecule has 0 bridgehead atoms. The topological polar surface area (TPSA) is 50.4 Å². The molecule has 1 aliphatic rings. The highest BCUT2D eigenvalue weighted by atomic mass is 79.9. The number of nitrogens with zero attached hydrogens (tertiary/aromatic N) is 1. The van der Waals surface area contributed by atoms with Gasteiger partial charge in [0.05, 0.1) is 4.47 Å². The van der Waals surface area contributed by atoms with Crippen LogP contribution >= 0.6 is 15.9 Å². The zero-order valence-electron chi connectivity index (χ0n) is 11.0. The number of guanidine groups is 1. The molecule has 19 heavy (non-hydrogen) atoms. The Morgan fingerprint density at radius 3 is 2.89 bits per heavy atom. The molecule has 3 N–H and O–H groups in total. The van der Waals surface area contributed by atoms with E-state index in [1.54, 1.807) is 0 Å². The summed E-state index contributed by atoms with van der Waals surface area (Å²) in [5.41, 5.74) is 6.96. The molecule has 0 aliphatic heterocycles. The van der Waals surface area contributed by atoms with Crippen LogP contribution in [-0.4, -0.2) is 18.5 Å². The molecule has 1 aromatic rings. The predicted octanol–water partition coefficient (Wildman–Crippen LogP) is 3.15. The minimum absolute atomic E-state index is 0.214. The fourth-order valence-corrected chi connectivity index (χ4v) is 2.66. The number of nitrogens with one attached hydrogen (secondary N) is 1.